The average molecular weight is 301 g/mol. The van der Waals surface area contributed by atoms with Gasteiger partial charge in [-0.3, -0.25) is 0 Å². The van der Waals surface area contributed by atoms with Crippen molar-refractivity contribution in [3.63, 3.8) is 0 Å². The molecular formula is H14N6O6Pd. The SMILES string of the molecule is N.N.N.N.O=[N+]([O-])O.O=[N+]([O-])O.[Pd]. The van der Waals surface area contributed by atoms with Gasteiger partial charge >= 0.3 is 0 Å². The molecule has 0 atom stereocenters. The van der Waals surface area contributed by atoms with Crippen LogP contribution in [0.15, 0.2) is 0 Å². The summed E-state index contributed by atoms with van der Waals surface area (Å²) in [5.74, 6) is 0. The fourth-order valence-electron chi connectivity index (χ4n) is 0. The van der Waals surface area contributed by atoms with E-state index in [9.17, 15) is 0 Å². The van der Waals surface area contributed by atoms with Gasteiger partial charge in [0.05, 0.1) is 0 Å². The maximum absolute atomic E-state index is 8.36. The van der Waals surface area contributed by atoms with Crippen LogP contribution < -0.4 is 24.6 Å². The Labute approximate surface area is 86.5 Å². The van der Waals surface area contributed by atoms with Crippen molar-refractivity contribution in [2.24, 2.45) is 0 Å². The molecule has 0 fully saturated rings. The molecule has 0 saturated carbocycles. The molecular weight excluding hydrogens is 286 g/mol. The maximum atomic E-state index is 8.36. The van der Waals surface area contributed by atoms with E-state index in [1.807, 2.05) is 0 Å². The normalized spacial score (nSPS) is 3.69. The van der Waals surface area contributed by atoms with Crippen LogP contribution in [0.1, 0.15) is 0 Å². The Morgan fingerprint density at radius 3 is 0.769 bits per heavy atom. The van der Waals surface area contributed by atoms with Gasteiger partial charge in [-0.05, 0) is 0 Å². The molecule has 90 valence electrons. The summed E-state index contributed by atoms with van der Waals surface area (Å²) in [6.07, 6.45) is 0. The van der Waals surface area contributed by atoms with Crippen LogP contribution in [0, 0.1) is 20.2 Å². The zero-order chi connectivity index (χ0) is 7.15. The summed E-state index contributed by atoms with van der Waals surface area (Å²) < 4.78 is 0. The summed E-state index contributed by atoms with van der Waals surface area (Å²) in [4.78, 5) is 16.7. The van der Waals surface area contributed by atoms with E-state index >= 15 is 0 Å². The van der Waals surface area contributed by atoms with Gasteiger partial charge in [-0.2, -0.15) is 0 Å². The van der Waals surface area contributed by atoms with Crippen molar-refractivity contribution in [2.45, 2.75) is 0 Å². The topological polar surface area (TPSA) is 267 Å². The molecule has 0 saturated heterocycles. The van der Waals surface area contributed by atoms with E-state index < -0.39 is 10.2 Å². The van der Waals surface area contributed by atoms with Crippen molar-refractivity contribution in [1.82, 2.24) is 24.6 Å². The fourth-order valence-corrected chi connectivity index (χ4v) is 0. The van der Waals surface area contributed by atoms with E-state index in [-0.39, 0.29) is 45.0 Å². The maximum Gasteiger partial charge on any atom is 0.291 e. The first kappa shape index (κ1) is 58.9. The summed E-state index contributed by atoms with van der Waals surface area (Å²) >= 11 is 0. The number of hydrogen-bond donors (Lipinski definition) is 6. The van der Waals surface area contributed by atoms with Crippen molar-refractivity contribution >= 4 is 0 Å². The van der Waals surface area contributed by atoms with Gasteiger partial charge in [0.25, 0.3) is 10.2 Å². The largest absolute Gasteiger partial charge is 0.344 e. The average Bonchev–Trinajstić information content (AvgIpc) is 1.25. The van der Waals surface area contributed by atoms with Gasteiger partial charge in [0.15, 0.2) is 0 Å². The fraction of sp³-hybridized carbons (Fsp3) is 0. The monoisotopic (exact) mass is 300 g/mol. The Hall–Kier alpha value is -1.10. The summed E-state index contributed by atoms with van der Waals surface area (Å²) in [5.41, 5.74) is 0. The summed E-state index contributed by atoms with van der Waals surface area (Å²) in [6.45, 7) is 0. The third-order valence-corrected chi connectivity index (χ3v) is 0. The van der Waals surface area contributed by atoms with Crippen LogP contribution in [-0.4, -0.2) is 20.6 Å². The molecule has 0 amide bonds. The number of hydrogen-bond acceptors (Lipinski definition) is 8. The van der Waals surface area contributed by atoms with Crippen LogP contribution in [0.3, 0.4) is 0 Å². The van der Waals surface area contributed by atoms with Crippen molar-refractivity contribution in [3.8, 4) is 0 Å². The minimum atomic E-state index is -1.50. The van der Waals surface area contributed by atoms with E-state index in [0.29, 0.717) is 0 Å². The minimum Gasteiger partial charge on any atom is -0.344 e. The molecule has 0 bridgehead atoms. The second-order valence-corrected chi connectivity index (χ2v) is 0.476. The van der Waals surface area contributed by atoms with Gasteiger partial charge in [-0.25, -0.2) is 0 Å². The van der Waals surface area contributed by atoms with Gasteiger partial charge in [0.1, 0.15) is 0 Å². The molecule has 0 rings (SSSR count). The molecule has 0 spiro atoms. The van der Waals surface area contributed by atoms with Gasteiger partial charge in [-0.15, -0.1) is 20.2 Å². The standard InChI is InChI=1S/2HNO3.4H3N.Pd/c2*2-1(3)4;;;;;/h2*(H,2,3,4);4*1H3;. The summed E-state index contributed by atoms with van der Waals surface area (Å²) in [7, 11) is 0. The Balaban J connectivity index is -0.00000000800. The predicted octanol–water partition coefficient (Wildman–Crippen LogP) is -0.0499. The minimum absolute atomic E-state index is 0. The number of rotatable bonds is 0. The van der Waals surface area contributed by atoms with E-state index in [0.717, 1.165) is 0 Å². The van der Waals surface area contributed by atoms with Crippen molar-refractivity contribution in [1.29, 1.82) is 0 Å². The van der Waals surface area contributed by atoms with Crippen LogP contribution in [0.25, 0.3) is 0 Å². The van der Waals surface area contributed by atoms with Gasteiger partial charge in [-0.1, -0.05) is 0 Å². The second-order valence-electron chi connectivity index (χ2n) is 0.476. The third-order valence-electron chi connectivity index (χ3n) is 0. The smallest absolute Gasteiger partial charge is 0.291 e. The van der Waals surface area contributed by atoms with Crippen LogP contribution in [0.5, 0.6) is 0 Å². The third kappa shape index (κ3) is 717. The first-order valence-corrected chi connectivity index (χ1v) is 1.13. The molecule has 0 aromatic carbocycles. The van der Waals surface area contributed by atoms with E-state index in [1.54, 1.807) is 0 Å². The molecule has 13 heteroatoms. The van der Waals surface area contributed by atoms with Crippen LogP contribution in [0.2, 0.25) is 0 Å². The van der Waals surface area contributed by atoms with E-state index in [4.69, 9.17) is 30.6 Å². The summed E-state index contributed by atoms with van der Waals surface area (Å²) in [6, 6.07) is 0. The Kier molecular flexibility index (Phi) is 201. The van der Waals surface area contributed by atoms with Gasteiger partial charge in [0.2, 0.25) is 0 Å². The molecule has 0 unspecified atom stereocenters. The zero-order valence-electron chi connectivity index (χ0n) is 6.57. The van der Waals surface area contributed by atoms with Crippen LogP contribution in [0.4, 0.5) is 0 Å². The van der Waals surface area contributed by atoms with Crippen molar-refractivity contribution in [2.75, 3.05) is 0 Å². The Morgan fingerprint density at radius 2 is 0.769 bits per heavy atom. The van der Waals surface area contributed by atoms with E-state index in [2.05, 4.69) is 0 Å². The second kappa shape index (κ2) is 44.5. The molecule has 0 aromatic heterocycles. The summed E-state index contributed by atoms with van der Waals surface area (Å²) in [5, 5.41) is 27.3. The molecule has 0 aromatic rings. The molecule has 13 heavy (non-hydrogen) atoms. The number of nitrogens with zero attached hydrogens (tertiary/aromatic N) is 2. The molecule has 14 N–H and O–H groups in total. The molecule has 0 heterocycles. The Bertz CT molecular complexity index is 75.1. The zero-order valence-corrected chi connectivity index (χ0v) is 8.12. The van der Waals surface area contributed by atoms with Crippen LogP contribution in [-0.2, 0) is 20.4 Å². The molecule has 12 nitrogen and oxygen atoms in total. The van der Waals surface area contributed by atoms with Gasteiger partial charge < -0.3 is 35.0 Å². The predicted molar refractivity (Wildman–Crippen MR) is 37.7 cm³/mol. The molecule has 0 aliphatic rings. The van der Waals surface area contributed by atoms with Crippen molar-refractivity contribution in [3.05, 3.63) is 20.2 Å². The van der Waals surface area contributed by atoms with Gasteiger partial charge in [0, 0.05) is 20.4 Å². The first-order valence-electron chi connectivity index (χ1n) is 1.13. The van der Waals surface area contributed by atoms with Crippen molar-refractivity contribution < 1.29 is 41.0 Å². The quantitative estimate of drug-likeness (QED) is 0.197. The molecule has 0 aliphatic heterocycles. The first-order chi connectivity index (χ1) is 3.46. The van der Waals surface area contributed by atoms with Crippen LogP contribution >= 0.6 is 0 Å². The molecule has 0 aliphatic carbocycles. The van der Waals surface area contributed by atoms with E-state index in [1.165, 1.54) is 0 Å². The Morgan fingerprint density at radius 1 is 0.769 bits per heavy atom. The molecule has 0 radical (unpaired) electrons.